The summed E-state index contributed by atoms with van der Waals surface area (Å²) in [6, 6.07) is 14.4. The Bertz CT molecular complexity index is 1130. The Balaban J connectivity index is 1.71. The lowest BCUT2D eigenvalue weighted by atomic mass is 10.0. The average Bonchev–Trinajstić information content (AvgIpc) is 3.00. The summed E-state index contributed by atoms with van der Waals surface area (Å²) in [5.41, 5.74) is 5.28. The monoisotopic (exact) mass is 476 g/mol. The molecule has 2 heterocycles. The fraction of sp³-hybridized carbons (Fsp3) is 0.517. The number of hydrogen-bond acceptors (Lipinski definition) is 4. The number of hydrogen-bond donors (Lipinski definition) is 0. The Labute approximate surface area is 209 Å². The van der Waals surface area contributed by atoms with Crippen LogP contribution in [-0.4, -0.2) is 53.2 Å². The number of aryl methyl sites for hydroxylation is 2. The van der Waals surface area contributed by atoms with E-state index in [4.69, 9.17) is 9.72 Å². The standard InChI is InChI=1S/C29H40N4O2/c1-5-24-14-12-13-22(2)29(24)33(23(3)21-35-4)28(34)20-32-26-16-9-8-15-25(26)30-27(32)19-31-17-10-6-7-11-18-31/h8-9,12-16,23H,5-7,10-11,17-21H2,1-4H3. The minimum Gasteiger partial charge on any atom is -0.383 e. The number of nitrogens with zero attached hydrogens (tertiary/aromatic N) is 4. The van der Waals surface area contributed by atoms with Gasteiger partial charge in [-0.3, -0.25) is 9.69 Å². The van der Waals surface area contributed by atoms with Crippen LogP contribution in [0.1, 0.15) is 56.5 Å². The third-order valence-corrected chi connectivity index (χ3v) is 7.15. The van der Waals surface area contributed by atoms with Gasteiger partial charge in [-0.05, 0) is 69.5 Å². The van der Waals surface area contributed by atoms with Gasteiger partial charge < -0.3 is 14.2 Å². The number of amides is 1. The lowest BCUT2D eigenvalue weighted by Gasteiger charge is -2.32. The maximum Gasteiger partial charge on any atom is 0.247 e. The molecule has 6 heteroatoms. The van der Waals surface area contributed by atoms with E-state index >= 15 is 0 Å². The van der Waals surface area contributed by atoms with Crippen molar-refractivity contribution in [1.82, 2.24) is 14.5 Å². The van der Waals surface area contributed by atoms with Gasteiger partial charge in [-0.15, -0.1) is 0 Å². The van der Waals surface area contributed by atoms with E-state index in [2.05, 4.69) is 54.5 Å². The second-order valence-electron chi connectivity index (χ2n) is 9.80. The molecule has 1 saturated heterocycles. The molecule has 1 aliphatic rings. The molecule has 1 atom stereocenters. The third kappa shape index (κ3) is 5.76. The largest absolute Gasteiger partial charge is 0.383 e. The maximum absolute atomic E-state index is 14.1. The van der Waals surface area contributed by atoms with E-state index in [9.17, 15) is 4.79 Å². The van der Waals surface area contributed by atoms with Crippen LogP contribution in [0.3, 0.4) is 0 Å². The normalized spacial score (nSPS) is 15.8. The first-order chi connectivity index (χ1) is 17.0. The minimum absolute atomic E-state index is 0.0684. The van der Waals surface area contributed by atoms with Crippen LogP contribution in [0.25, 0.3) is 11.0 Å². The molecule has 1 aromatic heterocycles. The Morgan fingerprint density at radius 1 is 1.09 bits per heavy atom. The highest BCUT2D eigenvalue weighted by Gasteiger charge is 2.27. The predicted octanol–water partition coefficient (Wildman–Crippen LogP) is 5.35. The number of rotatable bonds is 9. The number of ether oxygens (including phenoxy) is 1. The molecule has 0 aliphatic carbocycles. The molecule has 0 N–H and O–H groups in total. The molecule has 1 aliphatic heterocycles. The van der Waals surface area contributed by atoms with Crippen LogP contribution in [0, 0.1) is 6.92 Å². The highest BCUT2D eigenvalue weighted by Crippen LogP contribution is 2.29. The van der Waals surface area contributed by atoms with Gasteiger partial charge in [0.15, 0.2) is 0 Å². The van der Waals surface area contributed by atoms with Crippen molar-refractivity contribution in [3.8, 4) is 0 Å². The first kappa shape index (κ1) is 25.4. The topological polar surface area (TPSA) is 50.6 Å². The highest BCUT2D eigenvalue weighted by atomic mass is 16.5. The Hall–Kier alpha value is -2.70. The zero-order valence-electron chi connectivity index (χ0n) is 21.8. The molecule has 0 spiro atoms. The van der Waals surface area contributed by atoms with Crippen LogP contribution in [0.5, 0.6) is 0 Å². The van der Waals surface area contributed by atoms with Gasteiger partial charge >= 0.3 is 0 Å². The molecule has 1 amide bonds. The SMILES string of the molecule is CCc1cccc(C)c1N(C(=O)Cn1c(CN2CCCCCC2)nc2ccccc21)C(C)COC. The zero-order chi connectivity index (χ0) is 24.8. The van der Waals surface area contributed by atoms with Crippen molar-refractivity contribution in [2.24, 2.45) is 0 Å². The van der Waals surface area contributed by atoms with E-state index in [1.54, 1.807) is 7.11 Å². The van der Waals surface area contributed by atoms with Crippen LogP contribution < -0.4 is 4.90 Å². The van der Waals surface area contributed by atoms with Crippen molar-refractivity contribution in [3.05, 3.63) is 59.4 Å². The van der Waals surface area contributed by atoms with Gasteiger partial charge in [-0.25, -0.2) is 4.98 Å². The van der Waals surface area contributed by atoms with Crippen molar-refractivity contribution < 1.29 is 9.53 Å². The molecule has 0 radical (unpaired) electrons. The molecule has 1 unspecified atom stereocenters. The summed E-state index contributed by atoms with van der Waals surface area (Å²) in [5, 5.41) is 0. The van der Waals surface area contributed by atoms with E-state index in [1.165, 1.54) is 31.2 Å². The molecule has 188 valence electrons. The average molecular weight is 477 g/mol. The van der Waals surface area contributed by atoms with Crippen LogP contribution in [0.15, 0.2) is 42.5 Å². The van der Waals surface area contributed by atoms with Gasteiger partial charge in [0.1, 0.15) is 12.4 Å². The van der Waals surface area contributed by atoms with Crippen LogP contribution in [0.4, 0.5) is 5.69 Å². The van der Waals surface area contributed by atoms with E-state index in [0.717, 1.165) is 54.2 Å². The lowest BCUT2D eigenvalue weighted by molar-refractivity contribution is -0.119. The van der Waals surface area contributed by atoms with E-state index in [0.29, 0.717) is 6.61 Å². The van der Waals surface area contributed by atoms with Crippen LogP contribution >= 0.6 is 0 Å². The molecule has 3 aromatic rings. The van der Waals surface area contributed by atoms with Crippen molar-refractivity contribution >= 4 is 22.6 Å². The predicted molar refractivity (Wildman–Crippen MR) is 143 cm³/mol. The fourth-order valence-electron chi connectivity index (χ4n) is 5.38. The Kier molecular flexibility index (Phi) is 8.58. The quantitative estimate of drug-likeness (QED) is 0.418. The van der Waals surface area contributed by atoms with E-state index < -0.39 is 0 Å². The third-order valence-electron chi connectivity index (χ3n) is 7.15. The van der Waals surface area contributed by atoms with Crippen LogP contribution in [0.2, 0.25) is 0 Å². The van der Waals surface area contributed by atoms with E-state index in [1.807, 2.05) is 23.1 Å². The molecule has 4 rings (SSSR count). The number of benzene rings is 2. The highest BCUT2D eigenvalue weighted by molar-refractivity contribution is 5.96. The fourth-order valence-corrected chi connectivity index (χ4v) is 5.38. The number of carbonyl (C=O) groups is 1. The van der Waals surface area contributed by atoms with Gasteiger partial charge in [0.2, 0.25) is 5.91 Å². The molecular weight excluding hydrogens is 436 g/mol. The number of aromatic nitrogens is 2. The van der Waals surface area contributed by atoms with Crippen molar-refractivity contribution in [1.29, 1.82) is 0 Å². The zero-order valence-corrected chi connectivity index (χ0v) is 21.8. The molecule has 0 saturated carbocycles. The number of anilines is 1. The second-order valence-corrected chi connectivity index (χ2v) is 9.80. The van der Waals surface area contributed by atoms with Crippen molar-refractivity contribution in [3.63, 3.8) is 0 Å². The molecule has 2 aromatic carbocycles. The number of imidazole rings is 1. The van der Waals surface area contributed by atoms with Gasteiger partial charge in [-0.2, -0.15) is 0 Å². The van der Waals surface area contributed by atoms with Gasteiger partial charge in [0, 0.05) is 7.11 Å². The smallest absolute Gasteiger partial charge is 0.247 e. The lowest BCUT2D eigenvalue weighted by Crippen LogP contribution is -2.44. The summed E-state index contributed by atoms with van der Waals surface area (Å²) in [6.07, 6.45) is 5.93. The van der Waals surface area contributed by atoms with Crippen LogP contribution in [-0.2, 0) is 29.0 Å². The molecular formula is C29H40N4O2. The summed E-state index contributed by atoms with van der Waals surface area (Å²) in [6.45, 7) is 10.0. The first-order valence-corrected chi connectivity index (χ1v) is 13.1. The number of methoxy groups -OCH3 is 1. The molecule has 6 nitrogen and oxygen atoms in total. The van der Waals surface area contributed by atoms with Gasteiger partial charge in [0.25, 0.3) is 0 Å². The number of carbonyl (C=O) groups excluding carboxylic acids is 1. The molecule has 0 bridgehead atoms. The summed E-state index contributed by atoms with van der Waals surface area (Å²) < 4.78 is 7.63. The van der Waals surface area contributed by atoms with Gasteiger partial charge in [-0.1, -0.05) is 50.1 Å². The summed E-state index contributed by atoms with van der Waals surface area (Å²) in [4.78, 5) is 23.5. The molecule has 35 heavy (non-hydrogen) atoms. The maximum atomic E-state index is 14.1. The van der Waals surface area contributed by atoms with Crippen molar-refractivity contribution in [2.75, 3.05) is 31.7 Å². The van der Waals surface area contributed by atoms with E-state index in [-0.39, 0.29) is 18.5 Å². The second kappa shape index (κ2) is 11.8. The number of likely N-dealkylation sites (tertiary alicyclic amines) is 1. The van der Waals surface area contributed by atoms with Gasteiger partial charge in [0.05, 0.1) is 35.9 Å². The Morgan fingerprint density at radius 3 is 2.54 bits per heavy atom. The summed E-state index contributed by atoms with van der Waals surface area (Å²) >= 11 is 0. The Morgan fingerprint density at radius 2 is 1.83 bits per heavy atom. The molecule has 1 fully saturated rings. The summed E-state index contributed by atoms with van der Waals surface area (Å²) in [7, 11) is 1.69. The van der Waals surface area contributed by atoms with Crippen molar-refractivity contribution in [2.45, 2.75) is 72.0 Å². The minimum atomic E-state index is -0.0808. The first-order valence-electron chi connectivity index (χ1n) is 13.1. The summed E-state index contributed by atoms with van der Waals surface area (Å²) in [5.74, 6) is 1.04. The number of fused-ring (bicyclic) bond motifs is 1. The number of para-hydroxylation sites is 3.